The van der Waals surface area contributed by atoms with Crippen molar-refractivity contribution in [3.63, 3.8) is 0 Å². The molecule has 0 radical (unpaired) electrons. The molecule has 3 atom stereocenters. The zero-order valence-corrected chi connectivity index (χ0v) is 9.26. The molecule has 8 heteroatoms. The number of nitrogens with two attached hydrogens (primary N) is 1. The van der Waals surface area contributed by atoms with Gasteiger partial charge in [0.25, 0.3) is 0 Å². The second-order valence-corrected chi connectivity index (χ2v) is 3.99. The fourth-order valence-electron chi connectivity index (χ4n) is 1.92. The molecule has 1 fully saturated rings. The molecule has 4 N–H and O–H groups in total. The van der Waals surface area contributed by atoms with Crippen molar-refractivity contribution in [1.29, 1.82) is 0 Å². The van der Waals surface area contributed by atoms with Crippen LogP contribution >= 0.6 is 0 Å². The van der Waals surface area contributed by atoms with E-state index in [1.165, 1.54) is 17.2 Å². The van der Waals surface area contributed by atoms with Crippen LogP contribution in [0.25, 0.3) is 11.2 Å². The van der Waals surface area contributed by atoms with Gasteiger partial charge in [-0.1, -0.05) is 6.58 Å². The molecule has 2 aromatic heterocycles. The van der Waals surface area contributed by atoms with Crippen molar-refractivity contribution in [3.8, 4) is 0 Å². The molecule has 8 nitrogen and oxygen atoms in total. The number of aliphatic hydroxyl groups excluding tert-OH is 2. The molecule has 0 aliphatic carbocycles. The molecule has 0 spiro atoms. The number of aromatic nitrogens is 4. The second kappa shape index (κ2) is 3.65. The SMILES string of the molecule is C=C1O[C@@H](n2cnc3c(N)ncnc32)C(O)C1O. The number of nitrogens with zero attached hydrogens (tertiary/aromatic N) is 4. The van der Waals surface area contributed by atoms with E-state index in [-0.39, 0.29) is 11.6 Å². The van der Waals surface area contributed by atoms with Gasteiger partial charge in [-0.3, -0.25) is 4.57 Å². The molecule has 3 heterocycles. The topological polar surface area (TPSA) is 119 Å². The molecule has 2 unspecified atom stereocenters. The van der Waals surface area contributed by atoms with Crippen LogP contribution < -0.4 is 5.73 Å². The molecule has 1 saturated heterocycles. The summed E-state index contributed by atoms with van der Waals surface area (Å²) in [6.07, 6.45) is -0.373. The maximum absolute atomic E-state index is 9.87. The maximum atomic E-state index is 9.87. The van der Waals surface area contributed by atoms with E-state index in [9.17, 15) is 10.2 Å². The van der Waals surface area contributed by atoms with E-state index < -0.39 is 18.4 Å². The highest BCUT2D eigenvalue weighted by Gasteiger charge is 2.40. The summed E-state index contributed by atoms with van der Waals surface area (Å²) in [5.74, 6) is 0.349. The van der Waals surface area contributed by atoms with Crippen LogP contribution in [-0.4, -0.2) is 41.9 Å². The number of rotatable bonds is 1. The van der Waals surface area contributed by atoms with Crippen molar-refractivity contribution in [1.82, 2.24) is 19.5 Å². The number of imidazole rings is 1. The Morgan fingerprint density at radius 1 is 1.33 bits per heavy atom. The summed E-state index contributed by atoms with van der Waals surface area (Å²) < 4.78 is 6.79. The highest BCUT2D eigenvalue weighted by molar-refractivity contribution is 5.81. The van der Waals surface area contributed by atoms with E-state index in [1.807, 2.05) is 0 Å². The van der Waals surface area contributed by atoms with Crippen molar-refractivity contribution in [3.05, 3.63) is 25.0 Å². The number of hydrogen-bond acceptors (Lipinski definition) is 7. The first-order valence-corrected chi connectivity index (χ1v) is 5.24. The van der Waals surface area contributed by atoms with Gasteiger partial charge in [-0.2, -0.15) is 0 Å². The molecule has 1 aliphatic rings. The quantitative estimate of drug-likeness (QED) is 0.603. The van der Waals surface area contributed by atoms with Crippen molar-refractivity contribution in [2.24, 2.45) is 0 Å². The number of ether oxygens (including phenoxy) is 1. The van der Waals surface area contributed by atoms with Gasteiger partial charge in [0.05, 0.1) is 0 Å². The Morgan fingerprint density at radius 2 is 2.11 bits per heavy atom. The minimum absolute atomic E-state index is 0.108. The van der Waals surface area contributed by atoms with Crippen molar-refractivity contribution < 1.29 is 14.9 Å². The first-order valence-electron chi connectivity index (χ1n) is 5.24. The molecule has 2 aromatic rings. The van der Waals surface area contributed by atoms with Gasteiger partial charge in [-0.15, -0.1) is 0 Å². The van der Waals surface area contributed by atoms with Gasteiger partial charge < -0.3 is 20.7 Å². The summed E-state index contributed by atoms with van der Waals surface area (Å²) in [5.41, 5.74) is 6.50. The zero-order chi connectivity index (χ0) is 12.9. The summed E-state index contributed by atoms with van der Waals surface area (Å²) in [6.45, 7) is 3.52. The third-order valence-electron chi connectivity index (χ3n) is 2.88. The van der Waals surface area contributed by atoms with E-state index in [4.69, 9.17) is 10.5 Å². The average molecular weight is 249 g/mol. The molecule has 0 bridgehead atoms. The number of anilines is 1. The summed E-state index contributed by atoms with van der Waals surface area (Å²) in [4.78, 5) is 11.9. The van der Waals surface area contributed by atoms with Crippen molar-refractivity contribution in [2.45, 2.75) is 18.4 Å². The van der Waals surface area contributed by atoms with Crippen molar-refractivity contribution in [2.75, 3.05) is 5.73 Å². The monoisotopic (exact) mass is 249 g/mol. The third kappa shape index (κ3) is 1.36. The summed E-state index contributed by atoms with van der Waals surface area (Å²) >= 11 is 0. The fourth-order valence-corrected chi connectivity index (χ4v) is 1.92. The van der Waals surface area contributed by atoms with Gasteiger partial charge >= 0.3 is 0 Å². The Morgan fingerprint density at radius 3 is 2.78 bits per heavy atom. The largest absolute Gasteiger partial charge is 0.469 e. The Bertz CT molecular complexity index is 625. The lowest BCUT2D eigenvalue weighted by atomic mass is 10.2. The van der Waals surface area contributed by atoms with E-state index in [0.717, 1.165) is 0 Å². The molecular weight excluding hydrogens is 238 g/mol. The van der Waals surface area contributed by atoms with Crippen LogP contribution in [0.2, 0.25) is 0 Å². The van der Waals surface area contributed by atoms with E-state index in [1.54, 1.807) is 0 Å². The zero-order valence-electron chi connectivity index (χ0n) is 9.26. The van der Waals surface area contributed by atoms with E-state index >= 15 is 0 Å². The highest BCUT2D eigenvalue weighted by atomic mass is 16.5. The van der Waals surface area contributed by atoms with Crippen LogP contribution in [0.1, 0.15) is 6.23 Å². The summed E-state index contributed by atoms with van der Waals surface area (Å²) in [6, 6.07) is 0. The van der Waals surface area contributed by atoms with Gasteiger partial charge in [0.15, 0.2) is 11.5 Å². The summed E-state index contributed by atoms with van der Waals surface area (Å²) in [7, 11) is 0. The number of nitrogen functional groups attached to an aromatic ring is 1. The van der Waals surface area contributed by atoms with Gasteiger partial charge in [0, 0.05) is 0 Å². The predicted molar refractivity (Wildman–Crippen MR) is 61.0 cm³/mol. The lowest BCUT2D eigenvalue weighted by Gasteiger charge is -2.15. The Hall–Kier alpha value is -2.19. The van der Waals surface area contributed by atoms with Crippen LogP contribution in [-0.2, 0) is 4.74 Å². The standard InChI is InChI=1S/C10H11N5O3/c1-4-6(16)7(17)10(18-4)15-3-14-5-8(11)12-2-13-9(5)15/h2-3,6-7,10,16-17H,1H2,(H2,11,12,13)/t6?,7?,10-/m1/s1. The lowest BCUT2D eigenvalue weighted by Crippen LogP contribution is -2.27. The minimum atomic E-state index is -1.13. The molecule has 0 amide bonds. The second-order valence-electron chi connectivity index (χ2n) is 3.99. The van der Waals surface area contributed by atoms with Gasteiger partial charge in [0.1, 0.15) is 36.1 Å². The third-order valence-corrected chi connectivity index (χ3v) is 2.88. The van der Waals surface area contributed by atoms with Gasteiger partial charge in [-0.25, -0.2) is 15.0 Å². The predicted octanol–water partition coefficient (Wildman–Crippen LogP) is -0.827. The Labute approximate surface area is 101 Å². The average Bonchev–Trinajstić information content (AvgIpc) is 2.88. The number of aliphatic hydroxyl groups is 2. The first kappa shape index (κ1) is 10.9. The smallest absolute Gasteiger partial charge is 0.207 e. The van der Waals surface area contributed by atoms with Crippen LogP contribution in [0.3, 0.4) is 0 Å². The molecule has 18 heavy (non-hydrogen) atoms. The van der Waals surface area contributed by atoms with Crippen LogP contribution in [0.15, 0.2) is 25.0 Å². The van der Waals surface area contributed by atoms with Gasteiger partial charge in [-0.05, 0) is 0 Å². The van der Waals surface area contributed by atoms with E-state index in [2.05, 4.69) is 21.5 Å². The van der Waals surface area contributed by atoms with Gasteiger partial charge in [0.2, 0.25) is 6.23 Å². The molecule has 0 aromatic carbocycles. The van der Waals surface area contributed by atoms with Crippen molar-refractivity contribution >= 4 is 17.0 Å². The first-order chi connectivity index (χ1) is 8.59. The fraction of sp³-hybridized carbons (Fsp3) is 0.300. The normalized spacial score (nSPS) is 27.7. The lowest BCUT2D eigenvalue weighted by molar-refractivity contribution is -0.0118. The van der Waals surface area contributed by atoms with Crippen LogP contribution in [0, 0.1) is 0 Å². The Balaban J connectivity index is 2.11. The molecule has 0 saturated carbocycles. The number of fused-ring (bicyclic) bond motifs is 1. The maximum Gasteiger partial charge on any atom is 0.207 e. The molecule has 3 rings (SSSR count). The van der Waals surface area contributed by atoms with Crippen LogP contribution in [0.4, 0.5) is 5.82 Å². The van der Waals surface area contributed by atoms with Crippen LogP contribution in [0.5, 0.6) is 0 Å². The summed E-state index contributed by atoms with van der Waals surface area (Å²) in [5, 5.41) is 19.5. The minimum Gasteiger partial charge on any atom is -0.469 e. The molecular formula is C10H11N5O3. The molecule has 94 valence electrons. The highest BCUT2D eigenvalue weighted by Crippen LogP contribution is 2.32. The van der Waals surface area contributed by atoms with E-state index in [0.29, 0.717) is 11.2 Å². The number of hydrogen-bond donors (Lipinski definition) is 3. The molecule has 1 aliphatic heterocycles. The Kier molecular flexibility index (Phi) is 2.22.